The van der Waals surface area contributed by atoms with E-state index in [-0.39, 0.29) is 17.1 Å². The van der Waals surface area contributed by atoms with E-state index >= 15 is 0 Å². The Morgan fingerprint density at radius 3 is 2.80 bits per heavy atom. The second-order valence-corrected chi connectivity index (χ2v) is 6.28. The lowest BCUT2D eigenvalue weighted by molar-refractivity contribution is 0.103. The molecule has 0 spiro atoms. The zero-order chi connectivity index (χ0) is 17.2. The molecule has 0 amide bonds. The standard InChI is InChI=1S/C18H11N3O3S/c22-14(15-6-3-7-24-15)9-17-21-18(23)16(25-17)8-11-10-19-12-4-1-2-5-13(12)20-11/h1-10H,(H,21,23)/b16-8+,17-9+. The van der Waals surface area contributed by atoms with Gasteiger partial charge in [-0.3, -0.25) is 14.6 Å². The number of para-hydroxylation sites is 2. The van der Waals surface area contributed by atoms with E-state index in [1.165, 1.54) is 23.7 Å². The molecule has 1 aromatic carbocycles. The second-order valence-electron chi connectivity index (χ2n) is 5.20. The van der Waals surface area contributed by atoms with Gasteiger partial charge in [-0.1, -0.05) is 12.1 Å². The number of H-pyrrole nitrogens is 1. The van der Waals surface area contributed by atoms with E-state index in [1.54, 1.807) is 24.4 Å². The minimum absolute atomic E-state index is 0.222. The Balaban J connectivity index is 1.75. The molecule has 0 bridgehead atoms. The van der Waals surface area contributed by atoms with Crippen LogP contribution in [0.3, 0.4) is 0 Å². The van der Waals surface area contributed by atoms with Crippen LogP contribution in [0.4, 0.5) is 0 Å². The Morgan fingerprint density at radius 1 is 1.16 bits per heavy atom. The lowest BCUT2D eigenvalue weighted by Gasteiger charge is -1.96. The van der Waals surface area contributed by atoms with E-state index < -0.39 is 0 Å². The monoisotopic (exact) mass is 349 g/mol. The van der Waals surface area contributed by atoms with Crippen molar-refractivity contribution in [1.82, 2.24) is 15.0 Å². The minimum atomic E-state index is -0.306. The number of thiazole rings is 1. The maximum absolute atomic E-state index is 12.1. The summed E-state index contributed by atoms with van der Waals surface area (Å²) in [7, 11) is 0. The van der Waals surface area contributed by atoms with Crippen LogP contribution >= 0.6 is 11.3 Å². The summed E-state index contributed by atoms with van der Waals surface area (Å²) in [5, 5.41) is 0. The van der Waals surface area contributed by atoms with Gasteiger partial charge in [0.25, 0.3) is 5.56 Å². The number of aromatic amines is 1. The van der Waals surface area contributed by atoms with Crippen molar-refractivity contribution in [3.05, 3.63) is 79.9 Å². The zero-order valence-corrected chi connectivity index (χ0v) is 13.6. The fourth-order valence-electron chi connectivity index (χ4n) is 2.31. The van der Waals surface area contributed by atoms with Gasteiger partial charge < -0.3 is 9.40 Å². The smallest absolute Gasteiger partial charge is 0.266 e. The van der Waals surface area contributed by atoms with Crippen molar-refractivity contribution < 1.29 is 9.21 Å². The van der Waals surface area contributed by atoms with Gasteiger partial charge in [0.05, 0.1) is 38.4 Å². The van der Waals surface area contributed by atoms with E-state index in [1.807, 2.05) is 24.3 Å². The third-order valence-electron chi connectivity index (χ3n) is 3.45. The number of benzene rings is 1. The average molecular weight is 349 g/mol. The van der Waals surface area contributed by atoms with Crippen LogP contribution < -0.4 is 14.8 Å². The summed E-state index contributed by atoms with van der Waals surface area (Å²) < 4.78 is 5.94. The highest BCUT2D eigenvalue weighted by Gasteiger charge is 2.05. The lowest BCUT2D eigenvalue weighted by atomic mass is 10.3. The number of hydrogen-bond acceptors (Lipinski definition) is 6. The molecular formula is C18H11N3O3S. The van der Waals surface area contributed by atoms with Crippen LogP contribution in [0.1, 0.15) is 16.2 Å². The van der Waals surface area contributed by atoms with Gasteiger partial charge in [0, 0.05) is 6.08 Å². The number of nitrogens with one attached hydrogen (secondary N) is 1. The molecule has 0 radical (unpaired) electrons. The topological polar surface area (TPSA) is 88.9 Å². The Hall–Kier alpha value is -3.32. The molecule has 25 heavy (non-hydrogen) atoms. The zero-order valence-electron chi connectivity index (χ0n) is 12.8. The minimum Gasteiger partial charge on any atom is -0.461 e. The summed E-state index contributed by atoms with van der Waals surface area (Å²) >= 11 is 1.18. The molecule has 0 aliphatic rings. The first-order valence-electron chi connectivity index (χ1n) is 7.41. The number of hydrogen-bond donors (Lipinski definition) is 1. The lowest BCUT2D eigenvalue weighted by Crippen LogP contribution is -2.20. The van der Waals surface area contributed by atoms with Crippen molar-refractivity contribution in [2.24, 2.45) is 0 Å². The van der Waals surface area contributed by atoms with Crippen LogP contribution in [0.5, 0.6) is 0 Å². The molecule has 0 unspecified atom stereocenters. The first-order chi connectivity index (χ1) is 12.2. The third-order valence-corrected chi connectivity index (χ3v) is 4.42. The van der Waals surface area contributed by atoms with Crippen LogP contribution in [-0.2, 0) is 0 Å². The number of Topliss-reactive ketones (excluding diaryl/α,β-unsaturated/α-hetero) is 1. The largest absolute Gasteiger partial charge is 0.461 e. The summed E-state index contributed by atoms with van der Waals surface area (Å²) in [5.74, 6) is -0.0836. The van der Waals surface area contributed by atoms with Crippen LogP contribution in [0.25, 0.3) is 23.2 Å². The van der Waals surface area contributed by atoms with Crippen molar-refractivity contribution in [2.45, 2.75) is 0 Å². The van der Waals surface area contributed by atoms with Crippen molar-refractivity contribution >= 4 is 40.3 Å². The molecule has 3 heterocycles. The van der Waals surface area contributed by atoms with Crippen LogP contribution in [0.15, 0.2) is 58.1 Å². The molecule has 7 heteroatoms. The molecule has 4 aromatic rings. The Labute approximate surface area is 144 Å². The Morgan fingerprint density at radius 2 is 2.00 bits per heavy atom. The molecule has 6 nitrogen and oxygen atoms in total. The fraction of sp³-hybridized carbons (Fsp3) is 0. The highest BCUT2D eigenvalue weighted by molar-refractivity contribution is 7.07. The Kier molecular flexibility index (Phi) is 3.83. The van der Waals surface area contributed by atoms with E-state index in [4.69, 9.17) is 4.42 Å². The molecule has 0 saturated carbocycles. The summed E-state index contributed by atoms with van der Waals surface area (Å²) in [6, 6.07) is 10.7. The number of aromatic nitrogens is 3. The summed E-state index contributed by atoms with van der Waals surface area (Å²) in [6.07, 6.45) is 6.03. The predicted molar refractivity (Wildman–Crippen MR) is 94.8 cm³/mol. The summed E-state index contributed by atoms with van der Waals surface area (Å²) in [4.78, 5) is 35.5. The number of carbonyl (C=O) groups is 1. The number of nitrogens with zero attached hydrogens (tertiary/aromatic N) is 2. The van der Waals surface area contributed by atoms with E-state index in [0.29, 0.717) is 14.9 Å². The summed E-state index contributed by atoms with van der Waals surface area (Å²) in [5.41, 5.74) is 1.84. The third kappa shape index (κ3) is 3.17. The first kappa shape index (κ1) is 15.2. The molecular weight excluding hydrogens is 338 g/mol. The van der Waals surface area contributed by atoms with Gasteiger partial charge in [-0.15, -0.1) is 11.3 Å². The maximum Gasteiger partial charge on any atom is 0.266 e. The van der Waals surface area contributed by atoms with Crippen LogP contribution in [0, 0.1) is 0 Å². The predicted octanol–water partition coefficient (Wildman–Crippen LogP) is 1.46. The fourth-order valence-corrected chi connectivity index (χ4v) is 3.18. The highest BCUT2D eigenvalue weighted by atomic mass is 32.1. The molecule has 1 N–H and O–H groups in total. The van der Waals surface area contributed by atoms with E-state index in [0.717, 1.165) is 11.0 Å². The molecule has 0 aliphatic heterocycles. The quantitative estimate of drug-likeness (QED) is 0.566. The molecule has 4 rings (SSSR count). The highest BCUT2D eigenvalue weighted by Crippen LogP contribution is 2.08. The molecule has 0 saturated heterocycles. The molecule has 3 aromatic heterocycles. The van der Waals surface area contributed by atoms with E-state index in [9.17, 15) is 9.59 Å². The number of rotatable bonds is 3. The molecule has 0 aliphatic carbocycles. The molecule has 122 valence electrons. The normalized spacial score (nSPS) is 12.8. The van der Waals surface area contributed by atoms with E-state index in [2.05, 4.69) is 15.0 Å². The SMILES string of the molecule is O=C(/C=c1\[nH]c(=O)/c(=C\c2cnc3ccccc3n2)s1)c1ccco1. The van der Waals surface area contributed by atoms with Gasteiger partial charge in [-0.05, 0) is 30.3 Å². The summed E-state index contributed by atoms with van der Waals surface area (Å²) in [6.45, 7) is 0. The first-order valence-corrected chi connectivity index (χ1v) is 8.23. The average Bonchev–Trinajstić information content (AvgIpc) is 3.25. The number of ketones is 1. The number of furan rings is 1. The maximum atomic E-state index is 12.1. The van der Waals surface area contributed by atoms with Crippen molar-refractivity contribution in [1.29, 1.82) is 0 Å². The van der Waals surface area contributed by atoms with Gasteiger partial charge in [0.2, 0.25) is 5.78 Å². The number of carbonyl (C=O) groups excluding carboxylic acids is 1. The molecule has 0 fully saturated rings. The second kappa shape index (κ2) is 6.29. The molecule has 0 atom stereocenters. The van der Waals surface area contributed by atoms with Crippen molar-refractivity contribution in [2.75, 3.05) is 0 Å². The van der Waals surface area contributed by atoms with Gasteiger partial charge in [0.15, 0.2) is 5.76 Å². The van der Waals surface area contributed by atoms with Crippen LogP contribution in [0.2, 0.25) is 0 Å². The van der Waals surface area contributed by atoms with Gasteiger partial charge in [-0.2, -0.15) is 0 Å². The van der Waals surface area contributed by atoms with Crippen LogP contribution in [-0.4, -0.2) is 20.7 Å². The van der Waals surface area contributed by atoms with Gasteiger partial charge >= 0.3 is 0 Å². The Bertz CT molecular complexity index is 1240. The van der Waals surface area contributed by atoms with Gasteiger partial charge in [0.1, 0.15) is 0 Å². The number of fused-ring (bicyclic) bond motifs is 1. The van der Waals surface area contributed by atoms with Crippen molar-refractivity contribution in [3.8, 4) is 0 Å². The van der Waals surface area contributed by atoms with Crippen molar-refractivity contribution in [3.63, 3.8) is 0 Å². The van der Waals surface area contributed by atoms with Gasteiger partial charge in [-0.25, -0.2) is 4.98 Å².